The molecule has 1 aliphatic rings. The smallest absolute Gasteiger partial charge is 0.216 e. The van der Waals surface area contributed by atoms with Gasteiger partial charge in [0, 0.05) is 22.7 Å². The van der Waals surface area contributed by atoms with Crippen LogP contribution in [0.1, 0.15) is 13.8 Å². The molecular formula is C13H19IN2O3. The van der Waals surface area contributed by atoms with Crippen LogP contribution < -0.4 is 9.64 Å². The summed E-state index contributed by atoms with van der Waals surface area (Å²) >= 11 is 2.25. The van der Waals surface area contributed by atoms with E-state index in [0.29, 0.717) is 5.88 Å². The second-order valence-electron chi connectivity index (χ2n) is 4.77. The molecule has 0 aromatic carbocycles. The van der Waals surface area contributed by atoms with Gasteiger partial charge in [0.1, 0.15) is 12.4 Å². The highest BCUT2D eigenvalue weighted by Gasteiger charge is 2.19. The van der Waals surface area contributed by atoms with E-state index in [0.717, 1.165) is 29.1 Å². The molecule has 5 nitrogen and oxygen atoms in total. The average Bonchev–Trinajstić information content (AvgIpc) is 2.36. The average molecular weight is 378 g/mol. The van der Waals surface area contributed by atoms with Gasteiger partial charge < -0.3 is 19.5 Å². The first-order chi connectivity index (χ1) is 9.04. The molecule has 0 bridgehead atoms. The number of pyridine rings is 1. The minimum absolute atomic E-state index is 0.218. The number of nitrogens with zero attached hydrogens (tertiary/aromatic N) is 2. The van der Waals surface area contributed by atoms with Crippen molar-refractivity contribution in [3.05, 3.63) is 15.7 Å². The number of aliphatic hydroxyl groups excluding tert-OH is 1. The van der Waals surface area contributed by atoms with Crippen LogP contribution in [0.15, 0.2) is 12.1 Å². The van der Waals surface area contributed by atoms with Gasteiger partial charge in [-0.3, -0.25) is 0 Å². The predicted molar refractivity (Wildman–Crippen MR) is 81.8 cm³/mol. The van der Waals surface area contributed by atoms with Crippen LogP contribution in [0, 0.1) is 3.57 Å². The van der Waals surface area contributed by atoms with E-state index in [9.17, 15) is 5.11 Å². The minimum Gasteiger partial charge on any atom is -0.475 e. The lowest BCUT2D eigenvalue weighted by Crippen LogP contribution is -2.41. The van der Waals surface area contributed by atoms with Crippen molar-refractivity contribution < 1.29 is 14.6 Å². The standard InChI is InChI=1S/C13H19IN2O3/c1-9(17)8-19-13-6-11(14)5-12(15-13)16-3-4-18-10(2)7-16/h5-6,9-10,17H,3-4,7-8H2,1-2H3/t9?,10-/m1/s1. The van der Waals surface area contributed by atoms with Crippen LogP contribution in [0.2, 0.25) is 0 Å². The predicted octanol–water partition coefficient (Wildman–Crippen LogP) is 1.67. The summed E-state index contributed by atoms with van der Waals surface area (Å²) in [6.07, 6.45) is -0.276. The van der Waals surface area contributed by atoms with Crippen molar-refractivity contribution in [2.24, 2.45) is 0 Å². The molecule has 6 heteroatoms. The molecule has 1 aromatic heterocycles. The molecule has 0 amide bonds. The monoisotopic (exact) mass is 378 g/mol. The summed E-state index contributed by atoms with van der Waals surface area (Å²) in [6.45, 7) is 6.41. The first-order valence-corrected chi connectivity index (χ1v) is 7.47. The van der Waals surface area contributed by atoms with E-state index in [-0.39, 0.29) is 12.7 Å². The Hall–Kier alpha value is -0.600. The van der Waals surface area contributed by atoms with Crippen molar-refractivity contribution in [1.29, 1.82) is 0 Å². The first kappa shape index (κ1) is 14.8. The maximum atomic E-state index is 9.25. The Bertz CT molecular complexity index is 428. The first-order valence-electron chi connectivity index (χ1n) is 6.39. The minimum atomic E-state index is -0.494. The van der Waals surface area contributed by atoms with Gasteiger partial charge in [-0.15, -0.1) is 0 Å². The third-order valence-corrected chi connectivity index (χ3v) is 3.41. The molecule has 1 aliphatic heterocycles. The zero-order valence-corrected chi connectivity index (χ0v) is 13.3. The van der Waals surface area contributed by atoms with Crippen molar-refractivity contribution in [2.75, 3.05) is 31.2 Å². The Labute approximate surface area is 127 Å². The molecule has 2 atom stereocenters. The lowest BCUT2D eigenvalue weighted by Gasteiger charge is -2.32. The van der Waals surface area contributed by atoms with Crippen LogP contribution in [0.4, 0.5) is 5.82 Å². The lowest BCUT2D eigenvalue weighted by atomic mass is 10.3. The highest BCUT2D eigenvalue weighted by molar-refractivity contribution is 14.1. The number of hydrogen-bond donors (Lipinski definition) is 1. The van der Waals surface area contributed by atoms with Gasteiger partial charge in [-0.05, 0) is 42.5 Å². The Morgan fingerprint density at radius 2 is 2.42 bits per heavy atom. The fraction of sp³-hybridized carbons (Fsp3) is 0.615. The number of morpholine rings is 1. The summed E-state index contributed by atoms with van der Waals surface area (Å²) < 4.78 is 12.1. The number of anilines is 1. The molecule has 0 saturated carbocycles. The lowest BCUT2D eigenvalue weighted by molar-refractivity contribution is 0.0528. The zero-order valence-electron chi connectivity index (χ0n) is 11.2. The fourth-order valence-corrected chi connectivity index (χ4v) is 2.47. The van der Waals surface area contributed by atoms with Gasteiger partial charge in [0.05, 0.1) is 18.8 Å². The van der Waals surface area contributed by atoms with Gasteiger partial charge in [0.25, 0.3) is 0 Å². The molecule has 19 heavy (non-hydrogen) atoms. The van der Waals surface area contributed by atoms with Gasteiger partial charge in [0.15, 0.2) is 0 Å². The largest absolute Gasteiger partial charge is 0.475 e. The van der Waals surface area contributed by atoms with Crippen molar-refractivity contribution in [2.45, 2.75) is 26.1 Å². The van der Waals surface area contributed by atoms with Crippen molar-refractivity contribution in [3.63, 3.8) is 0 Å². The van der Waals surface area contributed by atoms with E-state index >= 15 is 0 Å². The van der Waals surface area contributed by atoms with Crippen LogP contribution in [-0.4, -0.2) is 48.6 Å². The molecule has 2 heterocycles. The summed E-state index contributed by atoms with van der Waals surface area (Å²) in [5, 5.41) is 9.25. The van der Waals surface area contributed by atoms with Crippen molar-refractivity contribution in [1.82, 2.24) is 4.98 Å². The molecule has 106 valence electrons. The molecule has 1 aromatic rings. The van der Waals surface area contributed by atoms with Crippen LogP contribution in [0.5, 0.6) is 5.88 Å². The number of aliphatic hydroxyl groups is 1. The Balaban J connectivity index is 2.11. The number of aromatic nitrogens is 1. The van der Waals surface area contributed by atoms with Crippen molar-refractivity contribution >= 4 is 28.4 Å². The van der Waals surface area contributed by atoms with Gasteiger partial charge in [-0.1, -0.05) is 0 Å². The van der Waals surface area contributed by atoms with Crippen LogP contribution in [0.3, 0.4) is 0 Å². The van der Waals surface area contributed by atoms with Crippen LogP contribution in [0.25, 0.3) is 0 Å². The van der Waals surface area contributed by atoms with E-state index in [1.54, 1.807) is 6.92 Å². The maximum absolute atomic E-state index is 9.25. The van der Waals surface area contributed by atoms with E-state index < -0.39 is 6.10 Å². The molecule has 0 aliphatic carbocycles. The highest BCUT2D eigenvalue weighted by Crippen LogP contribution is 2.22. The normalized spacial score (nSPS) is 21.3. The molecule has 1 saturated heterocycles. The SMILES string of the molecule is CC(O)COc1cc(I)cc(N2CCO[C@H](C)C2)n1. The number of ether oxygens (including phenoxy) is 2. The fourth-order valence-electron chi connectivity index (χ4n) is 1.93. The topological polar surface area (TPSA) is 54.8 Å². The Morgan fingerprint density at radius 1 is 1.63 bits per heavy atom. The van der Waals surface area contributed by atoms with E-state index in [4.69, 9.17) is 9.47 Å². The molecule has 0 radical (unpaired) electrons. The Morgan fingerprint density at radius 3 is 3.11 bits per heavy atom. The summed E-state index contributed by atoms with van der Waals surface area (Å²) in [5.41, 5.74) is 0. The molecular weight excluding hydrogens is 359 g/mol. The third kappa shape index (κ3) is 4.47. The number of hydrogen-bond acceptors (Lipinski definition) is 5. The maximum Gasteiger partial charge on any atom is 0.216 e. The highest BCUT2D eigenvalue weighted by atomic mass is 127. The van der Waals surface area contributed by atoms with E-state index in [2.05, 4.69) is 39.4 Å². The second-order valence-corrected chi connectivity index (χ2v) is 6.01. The molecule has 2 rings (SSSR count). The summed E-state index contributed by atoms with van der Waals surface area (Å²) in [7, 11) is 0. The van der Waals surface area contributed by atoms with Gasteiger partial charge in [0.2, 0.25) is 5.88 Å². The van der Waals surface area contributed by atoms with Gasteiger partial charge in [-0.2, -0.15) is 4.98 Å². The second kappa shape index (κ2) is 6.71. The van der Waals surface area contributed by atoms with Crippen LogP contribution >= 0.6 is 22.6 Å². The molecule has 1 unspecified atom stereocenters. The summed E-state index contributed by atoms with van der Waals surface area (Å²) in [6, 6.07) is 3.91. The zero-order chi connectivity index (χ0) is 13.8. The molecule has 1 fully saturated rings. The van der Waals surface area contributed by atoms with Gasteiger partial charge >= 0.3 is 0 Å². The summed E-state index contributed by atoms with van der Waals surface area (Å²) in [4.78, 5) is 6.70. The number of rotatable bonds is 4. The molecule has 1 N–H and O–H groups in total. The summed E-state index contributed by atoms with van der Waals surface area (Å²) in [5.74, 6) is 1.46. The Kier molecular flexibility index (Phi) is 5.23. The van der Waals surface area contributed by atoms with Gasteiger partial charge in [-0.25, -0.2) is 0 Å². The third-order valence-electron chi connectivity index (χ3n) is 2.79. The van der Waals surface area contributed by atoms with Crippen molar-refractivity contribution in [3.8, 4) is 5.88 Å². The van der Waals surface area contributed by atoms with E-state index in [1.807, 2.05) is 12.1 Å². The molecule has 0 spiro atoms. The van der Waals surface area contributed by atoms with Crippen LogP contribution in [-0.2, 0) is 4.74 Å². The number of halogens is 1. The quantitative estimate of drug-likeness (QED) is 0.808. The van der Waals surface area contributed by atoms with E-state index in [1.165, 1.54) is 0 Å².